The van der Waals surface area contributed by atoms with E-state index < -0.39 is 5.97 Å². The van der Waals surface area contributed by atoms with Gasteiger partial charge in [0.25, 0.3) is 0 Å². The summed E-state index contributed by atoms with van der Waals surface area (Å²) >= 11 is 0. The maximum absolute atomic E-state index is 11.8. The molecule has 106 valence electrons. The maximum atomic E-state index is 11.8. The van der Waals surface area contributed by atoms with E-state index in [2.05, 4.69) is 0 Å². The van der Waals surface area contributed by atoms with E-state index >= 15 is 0 Å². The molecule has 1 heterocycles. The van der Waals surface area contributed by atoms with Crippen LogP contribution in [0.25, 0.3) is 0 Å². The molecule has 0 spiro atoms. The molecule has 0 saturated heterocycles. The van der Waals surface area contributed by atoms with Gasteiger partial charge in [-0.05, 0) is 31.2 Å². The lowest BCUT2D eigenvalue weighted by molar-refractivity contribution is 0.0527. The summed E-state index contributed by atoms with van der Waals surface area (Å²) in [5, 5.41) is 0. The molecule has 0 saturated carbocycles. The molecule has 0 aliphatic heterocycles. The minimum Gasteiger partial charge on any atom is -0.472 e. The highest BCUT2D eigenvalue weighted by atomic mass is 16.5. The molecule has 5 heteroatoms. The molecule has 1 aromatic carbocycles. The number of hydrogen-bond acceptors (Lipinski definition) is 5. The summed E-state index contributed by atoms with van der Waals surface area (Å²) in [6, 6.07) is 7.24. The molecule has 20 heavy (non-hydrogen) atoms. The third-order valence-electron chi connectivity index (χ3n) is 2.97. The zero-order chi connectivity index (χ0) is 14.5. The van der Waals surface area contributed by atoms with Gasteiger partial charge in [0.1, 0.15) is 0 Å². The Bertz CT molecular complexity index is 579. The lowest BCUT2D eigenvalue weighted by Crippen LogP contribution is -2.17. The van der Waals surface area contributed by atoms with Crippen LogP contribution in [0.3, 0.4) is 0 Å². The molecule has 0 unspecified atom stereocenters. The summed E-state index contributed by atoms with van der Waals surface area (Å²) < 4.78 is 10.0. The normalized spacial score (nSPS) is 10.3. The van der Waals surface area contributed by atoms with Crippen LogP contribution in [-0.2, 0) is 11.3 Å². The van der Waals surface area contributed by atoms with E-state index in [1.807, 2.05) is 24.1 Å². The fraction of sp³-hybridized carbons (Fsp3) is 0.267. The molecule has 0 aliphatic carbocycles. The van der Waals surface area contributed by atoms with Gasteiger partial charge in [0.15, 0.2) is 0 Å². The second-order valence-corrected chi connectivity index (χ2v) is 4.48. The Morgan fingerprint density at radius 3 is 2.85 bits per heavy atom. The number of ether oxygens (including phenoxy) is 1. The van der Waals surface area contributed by atoms with Crippen LogP contribution in [0.5, 0.6) is 0 Å². The average Bonchev–Trinajstić information content (AvgIpc) is 2.92. The highest BCUT2D eigenvalue weighted by Crippen LogP contribution is 2.22. The van der Waals surface area contributed by atoms with Gasteiger partial charge in [0.05, 0.1) is 24.7 Å². The largest absolute Gasteiger partial charge is 0.472 e. The number of esters is 1. The van der Waals surface area contributed by atoms with Crippen LogP contribution in [0.2, 0.25) is 0 Å². The monoisotopic (exact) mass is 274 g/mol. The second-order valence-electron chi connectivity index (χ2n) is 4.48. The molecule has 0 fully saturated rings. The van der Waals surface area contributed by atoms with Crippen molar-refractivity contribution in [3.8, 4) is 0 Å². The zero-order valence-corrected chi connectivity index (χ0v) is 11.6. The van der Waals surface area contributed by atoms with Crippen molar-refractivity contribution < 1.29 is 13.9 Å². The number of rotatable bonds is 5. The van der Waals surface area contributed by atoms with Crippen molar-refractivity contribution in [3.05, 3.63) is 47.9 Å². The van der Waals surface area contributed by atoms with E-state index in [0.717, 1.165) is 11.3 Å². The molecule has 0 radical (unpaired) electrons. The van der Waals surface area contributed by atoms with Gasteiger partial charge in [-0.15, -0.1) is 0 Å². The molecule has 0 aliphatic rings. The Morgan fingerprint density at radius 1 is 1.40 bits per heavy atom. The fourth-order valence-electron chi connectivity index (χ4n) is 1.92. The number of hydrogen-bond donors (Lipinski definition) is 1. The smallest absolute Gasteiger partial charge is 0.340 e. The summed E-state index contributed by atoms with van der Waals surface area (Å²) in [7, 11) is 1.94. The molecule has 2 N–H and O–H groups in total. The number of furan rings is 1. The summed E-state index contributed by atoms with van der Waals surface area (Å²) in [5.74, 6) is -0.399. The number of benzene rings is 1. The Morgan fingerprint density at radius 2 is 2.20 bits per heavy atom. The SMILES string of the molecule is CCOC(=O)c1cc(N(C)Cc2ccoc2)ccc1N. The predicted octanol–water partition coefficient (Wildman–Crippen LogP) is 2.67. The number of nitrogen functional groups attached to an aromatic ring is 1. The standard InChI is InChI=1S/C15H18N2O3/c1-3-20-15(18)13-8-12(4-5-14(13)16)17(2)9-11-6-7-19-10-11/h4-8,10H,3,9,16H2,1-2H3. The van der Waals surface area contributed by atoms with Gasteiger partial charge in [0.2, 0.25) is 0 Å². The Kier molecular flexibility index (Phi) is 4.30. The van der Waals surface area contributed by atoms with Crippen LogP contribution in [0.15, 0.2) is 41.2 Å². The highest BCUT2D eigenvalue weighted by molar-refractivity contribution is 5.96. The first kappa shape index (κ1) is 14.0. The van der Waals surface area contributed by atoms with Gasteiger partial charge < -0.3 is 19.8 Å². The average molecular weight is 274 g/mol. The fourth-order valence-corrected chi connectivity index (χ4v) is 1.92. The van der Waals surface area contributed by atoms with Crippen LogP contribution in [0.1, 0.15) is 22.8 Å². The molecule has 5 nitrogen and oxygen atoms in total. The van der Waals surface area contributed by atoms with Crippen molar-refractivity contribution in [2.24, 2.45) is 0 Å². The van der Waals surface area contributed by atoms with E-state index in [1.54, 1.807) is 31.6 Å². The minimum atomic E-state index is -0.399. The summed E-state index contributed by atoms with van der Waals surface area (Å²) in [4.78, 5) is 13.8. The van der Waals surface area contributed by atoms with Crippen molar-refractivity contribution in [2.75, 3.05) is 24.3 Å². The Labute approximate surface area is 117 Å². The number of anilines is 2. The minimum absolute atomic E-state index is 0.327. The molecule has 2 aromatic rings. The van der Waals surface area contributed by atoms with E-state index in [0.29, 0.717) is 24.4 Å². The maximum Gasteiger partial charge on any atom is 0.340 e. The van der Waals surface area contributed by atoms with Crippen LogP contribution in [0, 0.1) is 0 Å². The van der Waals surface area contributed by atoms with Gasteiger partial charge in [-0.25, -0.2) is 4.79 Å². The van der Waals surface area contributed by atoms with Gasteiger partial charge >= 0.3 is 5.97 Å². The zero-order valence-electron chi connectivity index (χ0n) is 11.6. The van der Waals surface area contributed by atoms with Crippen molar-refractivity contribution >= 4 is 17.3 Å². The molecular formula is C15H18N2O3. The van der Waals surface area contributed by atoms with E-state index in [9.17, 15) is 4.79 Å². The molecule has 2 rings (SSSR count). The van der Waals surface area contributed by atoms with Crippen LogP contribution in [0.4, 0.5) is 11.4 Å². The number of nitrogens with zero attached hydrogens (tertiary/aromatic N) is 1. The third-order valence-corrected chi connectivity index (χ3v) is 2.97. The first-order valence-corrected chi connectivity index (χ1v) is 6.40. The lowest BCUT2D eigenvalue weighted by Gasteiger charge is -2.19. The first-order valence-electron chi connectivity index (χ1n) is 6.40. The van der Waals surface area contributed by atoms with Gasteiger partial charge in [-0.2, -0.15) is 0 Å². The molecule has 1 aromatic heterocycles. The quantitative estimate of drug-likeness (QED) is 0.670. The van der Waals surface area contributed by atoms with Crippen LogP contribution < -0.4 is 10.6 Å². The van der Waals surface area contributed by atoms with Crippen molar-refractivity contribution in [2.45, 2.75) is 13.5 Å². The van der Waals surface area contributed by atoms with Crippen molar-refractivity contribution in [1.29, 1.82) is 0 Å². The van der Waals surface area contributed by atoms with E-state index in [4.69, 9.17) is 14.9 Å². The third kappa shape index (κ3) is 3.12. The lowest BCUT2D eigenvalue weighted by atomic mass is 10.1. The molecule has 0 atom stereocenters. The number of nitrogens with two attached hydrogens (primary N) is 1. The topological polar surface area (TPSA) is 68.7 Å². The van der Waals surface area contributed by atoms with Gasteiger partial charge in [-0.1, -0.05) is 0 Å². The Balaban J connectivity index is 2.20. The van der Waals surface area contributed by atoms with Crippen LogP contribution in [-0.4, -0.2) is 19.6 Å². The summed E-state index contributed by atoms with van der Waals surface area (Å²) in [5.41, 5.74) is 8.58. The van der Waals surface area contributed by atoms with Crippen molar-refractivity contribution in [1.82, 2.24) is 0 Å². The van der Waals surface area contributed by atoms with Crippen LogP contribution >= 0.6 is 0 Å². The summed E-state index contributed by atoms with van der Waals surface area (Å²) in [6.45, 7) is 2.78. The van der Waals surface area contributed by atoms with Crippen molar-refractivity contribution in [3.63, 3.8) is 0 Å². The predicted molar refractivity (Wildman–Crippen MR) is 77.6 cm³/mol. The highest BCUT2D eigenvalue weighted by Gasteiger charge is 2.13. The second kappa shape index (κ2) is 6.14. The summed E-state index contributed by atoms with van der Waals surface area (Å²) in [6.07, 6.45) is 3.33. The molecule has 0 amide bonds. The van der Waals surface area contributed by atoms with E-state index in [1.165, 1.54) is 0 Å². The number of carbonyl (C=O) groups excluding carboxylic acids is 1. The number of carbonyl (C=O) groups is 1. The van der Waals surface area contributed by atoms with Gasteiger partial charge in [-0.3, -0.25) is 0 Å². The first-order chi connectivity index (χ1) is 9.61. The Hall–Kier alpha value is -2.43. The molecule has 0 bridgehead atoms. The van der Waals surface area contributed by atoms with E-state index in [-0.39, 0.29) is 0 Å². The van der Waals surface area contributed by atoms with Gasteiger partial charge in [0, 0.05) is 30.5 Å². The molecular weight excluding hydrogens is 256 g/mol.